The summed E-state index contributed by atoms with van der Waals surface area (Å²) in [6, 6.07) is 8.12. The summed E-state index contributed by atoms with van der Waals surface area (Å²) in [4.78, 5) is 18.1. The van der Waals surface area contributed by atoms with Crippen LogP contribution in [0.3, 0.4) is 0 Å². The third-order valence-corrected chi connectivity index (χ3v) is 3.76. The van der Waals surface area contributed by atoms with Crippen LogP contribution in [0.1, 0.15) is 37.8 Å². The Morgan fingerprint density at radius 1 is 1.36 bits per heavy atom. The summed E-state index contributed by atoms with van der Waals surface area (Å²) in [7, 11) is 0. The van der Waals surface area contributed by atoms with Gasteiger partial charge in [0.1, 0.15) is 0 Å². The Bertz CT molecular complexity index is 539. The highest BCUT2D eigenvalue weighted by atomic mass is 16.2. The van der Waals surface area contributed by atoms with Gasteiger partial charge in [0.25, 0.3) is 0 Å². The Balaban J connectivity index is 1.99. The summed E-state index contributed by atoms with van der Waals surface area (Å²) >= 11 is 0. The zero-order chi connectivity index (χ0) is 15.9. The van der Waals surface area contributed by atoms with Crippen molar-refractivity contribution in [2.24, 2.45) is 16.6 Å². The lowest BCUT2D eigenvalue weighted by molar-refractivity contribution is -0.128. The maximum Gasteiger partial charge on any atom is 0.222 e. The van der Waals surface area contributed by atoms with Crippen LogP contribution in [0, 0.1) is 5.92 Å². The van der Waals surface area contributed by atoms with Crippen molar-refractivity contribution < 1.29 is 4.79 Å². The number of benzene rings is 1. The van der Waals surface area contributed by atoms with Crippen molar-refractivity contribution in [3.05, 3.63) is 35.4 Å². The lowest BCUT2D eigenvalue weighted by Gasteiger charge is -2.17. The van der Waals surface area contributed by atoms with Gasteiger partial charge in [0, 0.05) is 26.1 Å². The fourth-order valence-corrected chi connectivity index (χ4v) is 2.48. The van der Waals surface area contributed by atoms with E-state index in [1.165, 1.54) is 0 Å². The Labute approximate surface area is 132 Å². The van der Waals surface area contributed by atoms with Crippen LogP contribution in [0.25, 0.3) is 0 Å². The molecule has 0 unspecified atom stereocenters. The van der Waals surface area contributed by atoms with Crippen LogP contribution in [0.15, 0.2) is 29.3 Å². The molecule has 0 aliphatic carbocycles. The van der Waals surface area contributed by atoms with E-state index >= 15 is 0 Å². The molecule has 1 amide bonds. The predicted molar refractivity (Wildman–Crippen MR) is 89.3 cm³/mol. The number of hydrogen-bond donors (Lipinski definition) is 2. The summed E-state index contributed by atoms with van der Waals surface area (Å²) in [5.74, 6) is 1.25. The topological polar surface area (TPSA) is 70.7 Å². The van der Waals surface area contributed by atoms with Crippen LogP contribution in [0.5, 0.6) is 0 Å². The standard InChI is InChI=1S/C17H26N4O/c1-13(2)10-19-17(18)20-11-14-6-3-4-7-15(14)12-21-9-5-8-16(21)22/h3-4,6-7,13H,5,8-12H2,1-2H3,(H3,18,19,20). The van der Waals surface area contributed by atoms with Gasteiger partial charge in [-0.3, -0.25) is 4.79 Å². The highest BCUT2D eigenvalue weighted by Crippen LogP contribution is 2.17. The number of likely N-dealkylation sites (tertiary alicyclic amines) is 1. The van der Waals surface area contributed by atoms with Gasteiger partial charge in [-0.25, -0.2) is 4.99 Å². The van der Waals surface area contributed by atoms with Crippen LogP contribution < -0.4 is 11.1 Å². The van der Waals surface area contributed by atoms with Crippen molar-refractivity contribution in [1.29, 1.82) is 0 Å². The summed E-state index contributed by atoms with van der Waals surface area (Å²) < 4.78 is 0. The van der Waals surface area contributed by atoms with Crippen molar-refractivity contribution in [2.45, 2.75) is 39.8 Å². The van der Waals surface area contributed by atoms with E-state index in [0.717, 1.165) is 30.6 Å². The third kappa shape index (κ3) is 4.76. The minimum Gasteiger partial charge on any atom is -0.370 e. The van der Waals surface area contributed by atoms with E-state index in [1.807, 2.05) is 17.0 Å². The quantitative estimate of drug-likeness (QED) is 0.622. The van der Waals surface area contributed by atoms with Crippen molar-refractivity contribution >= 4 is 11.9 Å². The molecule has 2 rings (SSSR count). The molecule has 1 fully saturated rings. The summed E-state index contributed by atoms with van der Waals surface area (Å²) in [5.41, 5.74) is 8.15. The largest absolute Gasteiger partial charge is 0.370 e. The molecule has 0 radical (unpaired) electrons. The molecule has 0 atom stereocenters. The molecule has 0 bridgehead atoms. The second-order valence-electron chi connectivity index (χ2n) is 6.16. The van der Waals surface area contributed by atoms with E-state index in [9.17, 15) is 4.79 Å². The van der Waals surface area contributed by atoms with Crippen molar-refractivity contribution in [3.8, 4) is 0 Å². The van der Waals surface area contributed by atoms with Gasteiger partial charge < -0.3 is 16.0 Å². The molecule has 5 nitrogen and oxygen atoms in total. The molecule has 22 heavy (non-hydrogen) atoms. The van der Waals surface area contributed by atoms with Gasteiger partial charge in [0.05, 0.1) is 6.54 Å². The number of rotatable bonds is 6. The SMILES string of the molecule is CC(C)CNC(N)=NCc1ccccc1CN1CCCC1=O. The number of nitrogens with two attached hydrogens (primary N) is 1. The van der Waals surface area contributed by atoms with Gasteiger partial charge >= 0.3 is 0 Å². The monoisotopic (exact) mass is 302 g/mol. The van der Waals surface area contributed by atoms with Crippen molar-refractivity contribution in [3.63, 3.8) is 0 Å². The first-order chi connectivity index (χ1) is 10.6. The van der Waals surface area contributed by atoms with Gasteiger partial charge in [-0.1, -0.05) is 38.1 Å². The number of carbonyl (C=O) groups is 1. The highest BCUT2D eigenvalue weighted by Gasteiger charge is 2.20. The van der Waals surface area contributed by atoms with Crippen molar-refractivity contribution in [2.75, 3.05) is 13.1 Å². The van der Waals surface area contributed by atoms with Crippen LogP contribution in [-0.2, 0) is 17.9 Å². The second-order valence-corrected chi connectivity index (χ2v) is 6.16. The normalized spacial score (nSPS) is 15.7. The van der Waals surface area contributed by atoms with E-state index in [4.69, 9.17) is 5.73 Å². The minimum absolute atomic E-state index is 0.247. The number of aliphatic imine (C=N–C) groups is 1. The van der Waals surface area contributed by atoms with Gasteiger partial charge in [0.2, 0.25) is 5.91 Å². The van der Waals surface area contributed by atoms with E-state index in [-0.39, 0.29) is 5.91 Å². The fraction of sp³-hybridized carbons (Fsp3) is 0.529. The van der Waals surface area contributed by atoms with E-state index in [1.54, 1.807) is 0 Å². The molecule has 1 aliphatic heterocycles. The Morgan fingerprint density at radius 3 is 2.73 bits per heavy atom. The second kappa shape index (κ2) is 7.82. The molecule has 0 spiro atoms. The molecule has 120 valence electrons. The third-order valence-electron chi connectivity index (χ3n) is 3.76. The molecule has 1 aliphatic rings. The van der Waals surface area contributed by atoms with Crippen LogP contribution >= 0.6 is 0 Å². The first kappa shape index (κ1) is 16.3. The number of guanidine groups is 1. The number of carbonyl (C=O) groups excluding carboxylic acids is 1. The highest BCUT2D eigenvalue weighted by molar-refractivity contribution is 5.78. The molecule has 1 aromatic carbocycles. The lowest BCUT2D eigenvalue weighted by Crippen LogP contribution is -2.34. The van der Waals surface area contributed by atoms with Crippen molar-refractivity contribution in [1.82, 2.24) is 10.2 Å². The smallest absolute Gasteiger partial charge is 0.222 e. The van der Waals surface area contributed by atoms with Gasteiger partial charge in [-0.15, -0.1) is 0 Å². The Hall–Kier alpha value is -2.04. The number of amides is 1. The zero-order valence-electron chi connectivity index (χ0n) is 13.5. The lowest BCUT2D eigenvalue weighted by atomic mass is 10.1. The molecule has 5 heteroatoms. The number of hydrogen-bond acceptors (Lipinski definition) is 2. The summed E-state index contributed by atoms with van der Waals surface area (Å²) in [6.45, 7) is 7.14. The first-order valence-corrected chi connectivity index (χ1v) is 7.94. The van der Waals surface area contributed by atoms with Crippen LogP contribution in [-0.4, -0.2) is 29.9 Å². The van der Waals surface area contributed by atoms with E-state index in [0.29, 0.717) is 31.4 Å². The summed E-state index contributed by atoms with van der Waals surface area (Å²) in [5, 5.41) is 3.12. The van der Waals surface area contributed by atoms with Gasteiger partial charge in [-0.05, 0) is 23.5 Å². The van der Waals surface area contributed by atoms with Gasteiger partial charge in [0.15, 0.2) is 5.96 Å². The molecular formula is C17H26N4O. The van der Waals surface area contributed by atoms with Gasteiger partial charge in [-0.2, -0.15) is 0 Å². The Kier molecular flexibility index (Phi) is 5.81. The molecule has 3 N–H and O–H groups in total. The maximum atomic E-state index is 11.8. The number of nitrogens with zero attached hydrogens (tertiary/aromatic N) is 2. The first-order valence-electron chi connectivity index (χ1n) is 7.94. The summed E-state index contributed by atoms with van der Waals surface area (Å²) in [6.07, 6.45) is 1.64. The molecule has 0 aromatic heterocycles. The number of nitrogens with one attached hydrogen (secondary N) is 1. The fourth-order valence-electron chi connectivity index (χ4n) is 2.48. The minimum atomic E-state index is 0.247. The van der Waals surface area contributed by atoms with Crippen LogP contribution in [0.2, 0.25) is 0 Å². The van der Waals surface area contributed by atoms with E-state index < -0.39 is 0 Å². The zero-order valence-corrected chi connectivity index (χ0v) is 13.5. The molecule has 1 heterocycles. The maximum absolute atomic E-state index is 11.8. The average Bonchev–Trinajstić information content (AvgIpc) is 2.89. The molecule has 1 aromatic rings. The molecule has 1 saturated heterocycles. The Morgan fingerprint density at radius 2 is 2.09 bits per heavy atom. The van der Waals surface area contributed by atoms with Crippen LogP contribution in [0.4, 0.5) is 0 Å². The molecule has 0 saturated carbocycles. The average molecular weight is 302 g/mol. The van der Waals surface area contributed by atoms with E-state index in [2.05, 4.69) is 36.3 Å². The molecular weight excluding hydrogens is 276 g/mol. The predicted octanol–water partition coefficient (Wildman–Crippen LogP) is 1.87.